The maximum Gasteiger partial charge on any atom is 0.282 e. The monoisotopic (exact) mass is 283 g/mol. The van der Waals surface area contributed by atoms with E-state index in [2.05, 4.69) is 16.8 Å². The standard InChI is InChI=1S/C13H18ClN3O2/c1-3-17(7-9-8-19-13(15)16-9)10-4-5-11(14)12(6-10)18-2/h4-6,9H,3,7-8H2,1-2H3,(H2,15,16)/t9-/m1/s1. The van der Waals surface area contributed by atoms with E-state index >= 15 is 0 Å². The van der Waals surface area contributed by atoms with Crippen LogP contribution in [0.3, 0.4) is 0 Å². The van der Waals surface area contributed by atoms with Gasteiger partial charge in [0.15, 0.2) is 0 Å². The van der Waals surface area contributed by atoms with Gasteiger partial charge in [0.2, 0.25) is 0 Å². The number of methoxy groups -OCH3 is 1. The van der Waals surface area contributed by atoms with Crippen molar-refractivity contribution < 1.29 is 9.47 Å². The number of benzene rings is 1. The number of nitrogens with zero attached hydrogens (tertiary/aromatic N) is 2. The van der Waals surface area contributed by atoms with Crippen LogP contribution < -0.4 is 15.4 Å². The van der Waals surface area contributed by atoms with Gasteiger partial charge in [-0.05, 0) is 19.1 Å². The molecule has 2 rings (SSSR count). The van der Waals surface area contributed by atoms with Crippen molar-refractivity contribution in [2.75, 3.05) is 31.7 Å². The van der Waals surface area contributed by atoms with Crippen LogP contribution in [0, 0.1) is 0 Å². The third-order valence-electron chi connectivity index (χ3n) is 3.05. The molecule has 0 amide bonds. The van der Waals surface area contributed by atoms with Crippen molar-refractivity contribution in [3.63, 3.8) is 0 Å². The fourth-order valence-electron chi connectivity index (χ4n) is 2.05. The maximum atomic E-state index is 6.03. The minimum absolute atomic E-state index is 0.0709. The van der Waals surface area contributed by atoms with Crippen molar-refractivity contribution in [2.24, 2.45) is 10.7 Å². The van der Waals surface area contributed by atoms with Crippen molar-refractivity contribution in [2.45, 2.75) is 13.0 Å². The highest BCUT2D eigenvalue weighted by Crippen LogP contribution is 2.29. The number of halogens is 1. The van der Waals surface area contributed by atoms with Crippen LogP contribution in [0.2, 0.25) is 5.02 Å². The first kappa shape index (κ1) is 13.8. The van der Waals surface area contributed by atoms with Gasteiger partial charge in [0.1, 0.15) is 18.4 Å². The van der Waals surface area contributed by atoms with E-state index in [1.54, 1.807) is 7.11 Å². The van der Waals surface area contributed by atoms with E-state index < -0.39 is 0 Å². The lowest BCUT2D eigenvalue weighted by Crippen LogP contribution is -2.32. The number of nitrogens with two attached hydrogens (primary N) is 1. The van der Waals surface area contributed by atoms with E-state index in [1.165, 1.54) is 0 Å². The van der Waals surface area contributed by atoms with Crippen LogP contribution in [0.15, 0.2) is 23.2 Å². The summed E-state index contributed by atoms with van der Waals surface area (Å²) in [5.74, 6) is 0.670. The summed E-state index contributed by atoms with van der Waals surface area (Å²) in [7, 11) is 1.61. The Kier molecular flexibility index (Phi) is 4.37. The van der Waals surface area contributed by atoms with E-state index in [0.717, 1.165) is 18.8 Å². The summed E-state index contributed by atoms with van der Waals surface area (Å²) in [5, 5.41) is 0.605. The second-order valence-corrected chi connectivity index (χ2v) is 4.70. The second kappa shape index (κ2) is 6.02. The van der Waals surface area contributed by atoms with Crippen LogP contribution >= 0.6 is 11.6 Å². The average Bonchev–Trinajstić information content (AvgIpc) is 2.82. The Morgan fingerprint density at radius 3 is 2.95 bits per heavy atom. The summed E-state index contributed by atoms with van der Waals surface area (Å²) in [6, 6.07) is 6.07. The molecule has 0 radical (unpaired) electrons. The number of hydrogen-bond acceptors (Lipinski definition) is 5. The molecule has 0 saturated heterocycles. The van der Waals surface area contributed by atoms with Crippen molar-refractivity contribution >= 4 is 23.3 Å². The van der Waals surface area contributed by atoms with E-state index in [-0.39, 0.29) is 12.1 Å². The molecule has 5 nitrogen and oxygen atoms in total. The molecule has 0 aromatic heterocycles. The predicted molar refractivity (Wildman–Crippen MR) is 77.3 cm³/mol. The summed E-state index contributed by atoms with van der Waals surface area (Å²) in [6.07, 6.45) is 0. The Hall–Kier alpha value is -1.62. The number of anilines is 1. The molecule has 19 heavy (non-hydrogen) atoms. The third-order valence-corrected chi connectivity index (χ3v) is 3.36. The minimum atomic E-state index is 0.0709. The topological polar surface area (TPSA) is 60.1 Å². The first-order chi connectivity index (χ1) is 9.13. The molecule has 0 spiro atoms. The SMILES string of the molecule is CCN(C[C@@H]1COC(N)=N1)c1ccc(Cl)c(OC)c1. The fraction of sp³-hybridized carbons (Fsp3) is 0.462. The lowest BCUT2D eigenvalue weighted by atomic mass is 10.2. The van der Waals surface area contributed by atoms with E-state index in [1.807, 2.05) is 18.2 Å². The number of rotatable bonds is 5. The lowest BCUT2D eigenvalue weighted by Gasteiger charge is -2.25. The Labute approximate surface area is 118 Å². The molecule has 1 heterocycles. The van der Waals surface area contributed by atoms with E-state index in [0.29, 0.717) is 17.4 Å². The summed E-state index contributed by atoms with van der Waals surface area (Å²) in [4.78, 5) is 6.42. The average molecular weight is 284 g/mol. The number of ether oxygens (including phenoxy) is 2. The summed E-state index contributed by atoms with van der Waals surface area (Å²) < 4.78 is 10.4. The van der Waals surface area contributed by atoms with Gasteiger partial charge in [0.05, 0.1) is 12.1 Å². The Morgan fingerprint density at radius 2 is 2.37 bits per heavy atom. The van der Waals surface area contributed by atoms with Gasteiger partial charge in [-0.25, -0.2) is 4.99 Å². The highest BCUT2D eigenvalue weighted by Gasteiger charge is 2.20. The molecule has 0 bridgehead atoms. The second-order valence-electron chi connectivity index (χ2n) is 4.29. The molecule has 1 aliphatic rings. The quantitative estimate of drug-likeness (QED) is 0.896. The van der Waals surface area contributed by atoms with Crippen LogP contribution in [-0.4, -0.2) is 38.9 Å². The molecule has 1 aromatic carbocycles. The Balaban J connectivity index is 2.13. The van der Waals surface area contributed by atoms with E-state index in [4.69, 9.17) is 26.8 Å². The normalized spacial score (nSPS) is 17.8. The van der Waals surface area contributed by atoms with Gasteiger partial charge >= 0.3 is 0 Å². The van der Waals surface area contributed by atoms with Gasteiger partial charge in [0.25, 0.3) is 6.02 Å². The van der Waals surface area contributed by atoms with Crippen molar-refractivity contribution in [3.8, 4) is 5.75 Å². The highest BCUT2D eigenvalue weighted by atomic mass is 35.5. The van der Waals surface area contributed by atoms with Crippen LogP contribution in [-0.2, 0) is 4.74 Å². The Bertz CT molecular complexity index is 479. The van der Waals surface area contributed by atoms with Crippen LogP contribution in [0.4, 0.5) is 5.69 Å². The molecule has 104 valence electrons. The molecular formula is C13H18ClN3O2. The molecular weight excluding hydrogens is 266 g/mol. The number of likely N-dealkylation sites (N-methyl/N-ethyl adjacent to an activating group) is 1. The molecule has 1 atom stereocenters. The number of amidine groups is 1. The first-order valence-corrected chi connectivity index (χ1v) is 6.56. The van der Waals surface area contributed by atoms with Crippen molar-refractivity contribution in [1.82, 2.24) is 0 Å². The first-order valence-electron chi connectivity index (χ1n) is 6.18. The molecule has 1 aliphatic heterocycles. The van der Waals surface area contributed by atoms with Crippen LogP contribution in [0.5, 0.6) is 5.75 Å². The summed E-state index contributed by atoms with van der Waals surface area (Å²) >= 11 is 6.03. The lowest BCUT2D eigenvalue weighted by molar-refractivity contribution is 0.313. The van der Waals surface area contributed by atoms with Gasteiger partial charge in [0, 0.05) is 24.8 Å². The summed E-state index contributed by atoms with van der Waals surface area (Å²) in [6.45, 7) is 4.23. The molecule has 0 unspecified atom stereocenters. The largest absolute Gasteiger partial charge is 0.495 e. The van der Waals surface area contributed by atoms with Gasteiger partial charge in [-0.1, -0.05) is 11.6 Å². The van der Waals surface area contributed by atoms with Gasteiger partial charge in [-0.2, -0.15) is 0 Å². The molecule has 0 fully saturated rings. The molecule has 2 N–H and O–H groups in total. The van der Waals surface area contributed by atoms with Crippen LogP contribution in [0.25, 0.3) is 0 Å². The molecule has 1 aromatic rings. The van der Waals surface area contributed by atoms with Gasteiger partial charge in [-0.15, -0.1) is 0 Å². The Morgan fingerprint density at radius 1 is 1.58 bits per heavy atom. The smallest absolute Gasteiger partial charge is 0.282 e. The number of hydrogen-bond donors (Lipinski definition) is 1. The zero-order valence-electron chi connectivity index (χ0n) is 11.1. The molecule has 0 aliphatic carbocycles. The molecule has 6 heteroatoms. The number of aliphatic imine (C=N–C) groups is 1. The predicted octanol–water partition coefficient (Wildman–Crippen LogP) is 1.89. The summed E-state index contributed by atoms with van der Waals surface area (Å²) in [5.41, 5.74) is 6.56. The highest BCUT2D eigenvalue weighted by molar-refractivity contribution is 6.32. The maximum absolute atomic E-state index is 6.03. The molecule has 0 saturated carbocycles. The van der Waals surface area contributed by atoms with E-state index in [9.17, 15) is 0 Å². The zero-order valence-corrected chi connectivity index (χ0v) is 11.9. The fourth-order valence-corrected chi connectivity index (χ4v) is 2.24. The van der Waals surface area contributed by atoms with Crippen molar-refractivity contribution in [1.29, 1.82) is 0 Å². The minimum Gasteiger partial charge on any atom is -0.495 e. The zero-order chi connectivity index (χ0) is 13.8. The van der Waals surface area contributed by atoms with Crippen LogP contribution in [0.1, 0.15) is 6.92 Å². The van der Waals surface area contributed by atoms with Crippen molar-refractivity contribution in [3.05, 3.63) is 23.2 Å². The van der Waals surface area contributed by atoms with Gasteiger partial charge < -0.3 is 20.1 Å². The third kappa shape index (κ3) is 3.23. The van der Waals surface area contributed by atoms with Gasteiger partial charge in [-0.3, -0.25) is 0 Å².